The zero-order valence-electron chi connectivity index (χ0n) is 29.1. The smallest absolute Gasteiger partial charge is 0.298 e. The molecule has 0 amide bonds. The molecule has 16 heteroatoms. The van der Waals surface area contributed by atoms with Gasteiger partial charge in [0.15, 0.2) is 22.9 Å². The number of nitrogen functional groups attached to an aromatic ring is 2. The molecule has 0 unspecified atom stereocenters. The fraction of sp³-hybridized carbons (Fsp3) is 0.158. The molecule has 54 heavy (non-hydrogen) atoms. The van der Waals surface area contributed by atoms with Gasteiger partial charge in [0.05, 0.1) is 22.7 Å². The number of phenols is 2. The molecule has 6 aromatic rings. The van der Waals surface area contributed by atoms with Crippen molar-refractivity contribution < 1.29 is 36.2 Å². The maximum absolute atomic E-state index is 12.2. The van der Waals surface area contributed by atoms with Crippen molar-refractivity contribution in [1.82, 2.24) is 0 Å². The van der Waals surface area contributed by atoms with Crippen molar-refractivity contribution in [2.45, 2.75) is 49.3 Å². The average Bonchev–Trinajstić information content (AvgIpc) is 3.11. The maximum atomic E-state index is 12.2. The van der Waals surface area contributed by atoms with Gasteiger partial charge >= 0.3 is 0 Å². The van der Waals surface area contributed by atoms with E-state index in [4.69, 9.17) is 11.5 Å². The van der Waals surface area contributed by atoms with E-state index in [9.17, 15) is 36.2 Å². The third-order valence-corrected chi connectivity index (χ3v) is 10.7. The molecule has 0 atom stereocenters. The van der Waals surface area contributed by atoms with E-state index < -0.39 is 41.5 Å². The number of nitrogens with zero attached hydrogens (tertiary/aromatic N) is 4. The number of hydrogen-bond acceptors (Lipinski definition) is 12. The van der Waals surface area contributed by atoms with E-state index in [1.807, 2.05) is 38.1 Å². The molecule has 0 heterocycles. The summed E-state index contributed by atoms with van der Waals surface area (Å²) in [6.07, 6.45) is 2.72. The Morgan fingerprint density at radius 1 is 0.537 bits per heavy atom. The Morgan fingerprint density at radius 3 is 1.22 bits per heavy atom. The Labute approximate surface area is 311 Å². The van der Waals surface area contributed by atoms with Crippen LogP contribution in [0.1, 0.15) is 37.8 Å². The molecule has 0 aliphatic carbocycles. The summed E-state index contributed by atoms with van der Waals surface area (Å²) in [6, 6.07) is 23.4. The Bertz CT molecular complexity index is 2560. The molecule has 0 fully saturated rings. The number of azo groups is 2. The summed E-state index contributed by atoms with van der Waals surface area (Å²) < 4.78 is 68.8. The zero-order chi connectivity index (χ0) is 38.9. The van der Waals surface area contributed by atoms with E-state index in [1.165, 1.54) is 12.1 Å². The first-order valence-electron chi connectivity index (χ1n) is 16.8. The van der Waals surface area contributed by atoms with Crippen LogP contribution >= 0.6 is 0 Å². The van der Waals surface area contributed by atoms with Crippen molar-refractivity contribution in [1.29, 1.82) is 0 Å². The molecule has 0 aromatic heterocycles. The number of aryl methyl sites for hydroxylation is 2. The fourth-order valence-corrected chi connectivity index (χ4v) is 8.00. The third kappa shape index (κ3) is 7.19. The lowest BCUT2D eigenvalue weighted by molar-refractivity contribution is 0.444. The van der Waals surface area contributed by atoms with E-state index in [0.717, 1.165) is 35.1 Å². The number of nitrogens with two attached hydrogens (primary N) is 2. The van der Waals surface area contributed by atoms with Crippen LogP contribution in [0.15, 0.2) is 115 Å². The van der Waals surface area contributed by atoms with Gasteiger partial charge in [-0.25, -0.2) is 0 Å². The van der Waals surface area contributed by atoms with Gasteiger partial charge in [-0.05, 0) is 59.4 Å². The van der Waals surface area contributed by atoms with Crippen LogP contribution in [-0.2, 0) is 33.1 Å². The average molecular weight is 769 g/mol. The van der Waals surface area contributed by atoms with E-state index in [0.29, 0.717) is 24.2 Å². The van der Waals surface area contributed by atoms with Crippen LogP contribution < -0.4 is 11.5 Å². The van der Waals surface area contributed by atoms with Crippen molar-refractivity contribution in [3.8, 4) is 22.6 Å². The van der Waals surface area contributed by atoms with Gasteiger partial charge in [-0.2, -0.15) is 27.1 Å². The molecular formula is C38H36N6O8S2. The first-order valence-corrected chi connectivity index (χ1v) is 19.6. The Hall–Kier alpha value is -5.94. The summed E-state index contributed by atoms with van der Waals surface area (Å²) in [5.74, 6) is -1.63. The van der Waals surface area contributed by atoms with Gasteiger partial charge in [0.25, 0.3) is 20.2 Å². The van der Waals surface area contributed by atoms with Crippen molar-refractivity contribution in [2.75, 3.05) is 11.5 Å². The standard InChI is InChI=1S/C38H36N6O8S2/c1-3-9-23-19-21(15-17-29(23)41-43-33-31(39)25-11-5-7-13-27(25)37(35(33)45)53(47,48)49)22-16-18-30(24(20-22)10-4-2)42-44-34-32(40)26-12-6-8-14-28(26)38(36(34)46)54(50,51)52/h5-8,11-20,45-46H,3-4,9-10,39-40H2,1-2H3,(H,47,48,49)(H,50,51,52). The molecule has 278 valence electrons. The quantitative estimate of drug-likeness (QED) is 0.0413. The summed E-state index contributed by atoms with van der Waals surface area (Å²) >= 11 is 0. The molecule has 14 nitrogen and oxygen atoms in total. The normalized spacial score (nSPS) is 12.4. The minimum absolute atomic E-state index is 0.00834. The third-order valence-electron chi connectivity index (χ3n) is 8.88. The summed E-state index contributed by atoms with van der Waals surface area (Å²) in [5, 5.41) is 39.5. The van der Waals surface area contributed by atoms with Crippen LogP contribution in [-0.4, -0.2) is 36.2 Å². The topological polar surface area (TPSA) is 251 Å². The van der Waals surface area contributed by atoms with Gasteiger partial charge in [0.2, 0.25) is 0 Å². The molecule has 0 aliphatic heterocycles. The molecule has 0 radical (unpaired) electrons. The van der Waals surface area contributed by atoms with Crippen LogP contribution in [0.2, 0.25) is 0 Å². The minimum Gasteiger partial charge on any atom is -0.504 e. The highest BCUT2D eigenvalue weighted by atomic mass is 32.2. The number of rotatable bonds is 11. The molecule has 6 aromatic carbocycles. The number of benzene rings is 6. The molecule has 0 saturated heterocycles. The van der Waals surface area contributed by atoms with E-state index in [-0.39, 0.29) is 44.3 Å². The van der Waals surface area contributed by atoms with Gasteiger partial charge in [0, 0.05) is 21.5 Å². The number of anilines is 2. The molecule has 0 spiro atoms. The first-order chi connectivity index (χ1) is 25.6. The molecule has 8 N–H and O–H groups in total. The SMILES string of the molecule is CCCc1cc(-c2ccc(N=Nc3c(O)c(S(=O)(=O)O)c4ccccc4c3N)c(CCC)c2)ccc1N=Nc1c(O)c(S(=O)(=O)O)c2ccccc2c1N. The van der Waals surface area contributed by atoms with Crippen LogP contribution in [0.4, 0.5) is 34.1 Å². The Kier molecular flexibility index (Phi) is 10.4. The minimum atomic E-state index is -4.85. The largest absolute Gasteiger partial charge is 0.504 e. The van der Waals surface area contributed by atoms with Crippen molar-refractivity contribution >= 4 is 75.9 Å². The summed E-state index contributed by atoms with van der Waals surface area (Å²) in [7, 11) is -9.70. The summed E-state index contributed by atoms with van der Waals surface area (Å²) in [5.41, 5.74) is 16.2. The molecule has 6 rings (SSSR count). The highest BCUT2D eigenvalue weighted by Gasteiger charge is 2.27. The van der Waals surface area contributed by atoms with Crippen LogP contribution in [0.25, 0.3) is 32.7 Å². The monoisotopic (exact) mass is 768 g/mol. The highest BCUT2D eigenvalue weighted by molar-refractivity contribution is 7.86. The number of aromatic hydroxyl groups is 2. The number of fused-ring (bicyclic) bond motifs is 2. The first kappa shape index (κ1) is 37.8. The van der Waals surface area contributed by atoms with Gasteiger partial charge < -0.3 is 21.7 Å². The summed E-state index contributed by atoms with van der Waals surface area (Å²) in [4.78, 5) is -1.42. The highest BCUT2D eigenvalue weighted by Crippen LogP contribution is 2.47. The van der Waals surface area contributed by atoms with Gasteiger partial charge in [0.1, 0.15) is 9.79 Å². The Morgan fingerprint density at radius 2 is 0.889 bits per heavy atom. The second kappa shape index (κ2) is 14.8. The van der Waals surface area contributed by atoms with Crippen LogP contribution in [0.5, 0.6) is 11.5 Å². The van der Waals surface area contributed by atoms with E-state index >= 15 is 0 Å². The molecular weight excluding hydrogens is 733 g/mol. The fourth-order valence-electron chi connectivity index (χ4n) is 6.41. The lowest BCUT2D eigenvalue weighted by atomic mass is 9.96. The maximum Gasteiger partial charge on any atom is 0.298 e. The molecule has 0 saturated carbocycles. The van der Waals surface area contributed by atoms with Gasteiger partial charge in [-0.1, -0.05) is 87.4 Å². The predicted molar refractivity (Wildman–Crippen MR) is 208 cm³/mol. The second-order valence-electron chi connectivity index (χ2n) is 12.5. The lowest BCUT2D eigenvalue weighted by Gasteiger charge is -2.13. The van der Waals surface area contributed by atoms with Crippen molar-refractivity contribution in [3.63, 3.8) is 0 Å². The van der Waals surface area contributed by atoms with Crippen molar-refractivity contribution in [2.24, 2.45) is 20.5 Å². The van der Waals surface area contributed by atoms with Crippen LogP contribution in [0, 0.1) is 0 Å². The molecule has 0 aliphatic rings. The van der Waals surface area contributed by atoms with E-state index in [2.05, 4.69) is 20.5 Å². The Balaban J connectivity index is 1.38. The predicted octanol–water partition coefficient (Wildman–Crippen LogP) is 9.46. The number of hydrogen-bond donors (Lipinski definition) is 6. The van der Waals surface area contributed by atoms with Gasteiger partial charge in [-0.15, -0.1) is 10.2 Å². The zero-order valence-corrected chi connectivity index (χ0v) is 30.7. The summed E-state index contributed by atoms with van der Waals surface area (Å²) in [6.45, 7) is 3.99. The second-order valence-corrected chi connectivity index (χ2v) is 15.2. The number of phenolic OH excluding ortho intramolecular Hbond substituents is 2. The van der Waals surface area contributed by atoms with Crippen molar-refractivity contribution in [3.05, 3.63) is 96.1 Å². The van der Waals surface area contributed by atoms with Crippen LogP contribution in [0.3, 0.4) is 0 Å². The van der Waals surface area contributed by atoms with Gasteiger partial charge in [-0.3, -0.25) is 9.11 Å². The van der Waals surface area contributed by atoms with E-state index in [1.54, 1.807) is 48.5 Å². The molecule has 0 bridgehead atoms. The lowest BCUT2D eigenvalue weighted by Crippen LogP contribution is -2.02.